The Morgan fingerprint density at radius 2 is 1.73 bits per heavy atom. The molecule has 2 fully saturated rings. The predicted molar refractivity (Wildman–Crippen MR) is 98.8 cm³/mol. The van der Waals surface area contributed by atoms with Gasteiger partial charge in [-0.3, -0.25) is 4.90 Å². The summed E-state index contributed by atoms with van der Waals surface area (Å²) >= 11 is 0. The van der Waals surface area contributed by atoms with Crippen molar-refractivity contribution in [2.75, 3.05) is 0 Å². The number of aliphatic hydroxyl groups excluding tert-OH is 1. The molecule has 2 aliphatic carbocycles. The van der Waals surface area contributed by atoms with E-state index in [-0.39, 0.29) is 13.0 Å². The first-order valence-electron chi connectivity index (χ1n) is 9.85. The van der Waals surface area contributed by atoms with Gasteiger partial charge in [-0.05, 0) is 12.0 Å². The zero-order valence-electron chi connectivity index (χ0n) is 16.3. The van der Waals surface area contributed by atoms with E-state index >= 15 is 0 Å². The lowest BCUT2D eigenvalue weighted by Crippen LogP contribution is -2.70. The molecule has 0 aromatic heterocycles. The van der Waals surface area contributed by atoms with Crippen LogP contribution in [0.15, 0.2) is 30.3 Å². The summed E-state index contributed by atoms with van der Waals surface area (Å²) in [6, 6.07) is 5.37. The number of aliphatic hydroxyl groups is 2. The van der Waals surface area contributed by atoms with Crippen molar-refractivity contribution in [1.29, 1.82) is 0 Å². The Bertz CT molecular complexity index is 752. The lowest BCUT2D eigenvalue weighted by atomic mass is 9.80. The fraction of sp³-hybridized carbons (Fsp3) is 0.650. The van der Waals surface area contributed by atoms with Crippen LogP contribution in [-0.2, 0) is 11.3 Å². The molecule has 0 bridgehead atoms. The fourth-order valence-electron chi connectivity index (χ4n) is 4.17. The maximum absolute atomic E-state index is 14.1. The third-order valence-corrected chi connectivity index (χ3v) is 5.88. The third-order valence-electron chi connectivity index (χ3n) is 5.88. The Labute approximate surface area is 171 Å². The molecule has 0 unspecified atom stereocenters. The molecule has 0 radical (unpaired) electrons. The Balaban J connectivity index is 1.89. The van der Waals surface area contributed by atoms with Crippen molar-refractivity contribution in [3.63, 3.8) is 0 Å². The van der Waals surface area contributed by atoms with Crippen LogP contribution < -0.4 is 5.73 Å². The normalized spacial score (nSPS) is 33.0. The van der Waals surface area contributed by atoms with E-state index in [1.165, 1.54) is 0 Å². The number of carbonyl (C=O) groups is 1. The first-order valence-corrected chi connectivity index (χ1v) is 9.85. The molecule has 2 saturated carbocycles. The second-order valence-electron chi connectivity index (χ2n) is 8.19. The van der Waals surface area contributed by atoms with E-state index in [4.69, 9.17) is 10.5 Å². The molecule has 0 aliphatic heterocycles. The van der Waals surface area contributed by atoms with Gasteiger partial charge in [-0.25, -0.2) is 22.4 Å². The van der Waals surface area contributed by atoms with Gasteiger partial charge in [0.05, 0.1) is 18.2 Å². The number of nitrogens with zero attached hydrogens (tertiary/aromatic N) is 1. The molecule has 3 rings (SSSR count). The lowest BCUT2D eigenvalue weighted by molar-refractivity contribution is -0.210. The van der Waals surface area contributed by atoms with Gasteiger partial charge in [0, 0.05) is 32.1 Å². The molecule has 4 N–H and O–H groups in total. The number of hydrogen-bond donors (Lipinski definition) is 3. The molecule has 1 amide bonds. The average molecular weight is 434 g/mol. The molecule has 0 heterocycles. The molecule has 2 aliphatic rings. The average Bonchev–Trinajstić information content (AvgIpc) is 2.67. The van der Waals surface area contributed by atoms with E-state index in [1.54, 1.807) is 30.3 Å². The highest BCUT2D eigenvalue weighted by atomic mass is 19.3. The monoisotopic (exact) mass is 434 g/mol. The second kappa shape index (κ2) is 8.32. The Morgan fingerprint density at radius 3 is 2.37 bits per heavy atom. The van der Waals surface area contributed by atoms with Gasteiger partial charge in [0.15, 0.2) is 5.72 Å². The molecule has 1 aromatic carbocycles. The standard InChI is InChI=1S/C20H26F4N2O4/c21-18(22)7-6-15(27)14(10-18)26(17(28)30-12-13-4-2-1-3-5-13)20(29)9-8-19(23,24)11-16(20)25/h1-5,14-16,27,29H,6-12,25H2/t14-,15-,16-,20-/m0/s1. The molecular weight excluding hydrogens is 408 g/mol. The Hall–Kier alpha value is -1.91. The van der Waals surface area contributed by atoms with E-state index in [0.717, 1.165) is 0 Å². The molecular formula is C20H26F4N2O4. The van der Waals surface area contributed by atoms with Crippen molar-refractivity contribution in [1.82, 2.24) is 4.90 Å². The SMILES string of the molecule is N[C@H]1CC(F)(F)CC[C@@]1(O)N(C(=O)OCc1ccccc1)[C@H]1CC(F)(F)CC[C@@H]1O. The summed E-state index contributed by atoms with van der Waals surface area (Å²) in [5.41, 5.74) is 4.06. The van der Waals surface area contributed by atoms with Crippen LogP contribution in [0.5, 0.6) is 0 Å². The summed E-state index contributed by atoms with van der Waals surface area (Å²) in [7, 11) is 0. The van der Waals surface area contributed by atoms with Gasteiger partial charge in [0.2, 0.25) is 11.8 Å². The number of carbonyl (C=O) groups excluding carboxylic acids is 1. The van der Waals surface area contributed by atoms with Crippen molar-refractivity contribution in [3.05, 3.63) is 35.9 Å². The van der Waals surface area contributed by atoms with Gasteiger partial charge >= 0.3 is 6.09 Å². The maximum Gasteiger partial charge on any atom is 0.412 e. The highest BCUT2D eigenvalue weighted by molar-refractivity contribution is 5.69. The fourth-order valence-corrected chi connectivity index (χ4v) is 4.17. The number of alkyl halides is 4. The van der Waals surface area contributed by atoms with Crippen molar-refractivity contribution in [2.45, 2.75) is 80.9 Å². The molecule has 10 heteroatoms. The number of amides is 1. The largest absolute Gasteiger partial charge is 0.444 e. The summed E-state index contributed by atoms with van der Waals surface area (Å²) < 4.78 is 60.9. The Morgan fingerprint density at radius 1 is 1.10 bits per heavy atom. The molecule has 1 aromatic rings. The van der Waals surface area contributed by atoms with Crippen LogP contribution in [-0.4, -0.2) is 57.0 Å². The van der Waals surface area contributed by atoms with E-state index < -0.39 is 74.0 Å². The summed E-state index contributed by atoms with van der Waals surface area (Å²) in [5.74, 6) is -6.35. The minimum atomic E-state index is -3.19. The first-order chi connectivity index (χ1) is 13.9. The van der Waals surface area contributed by atoms with Crippen LogP contribution in [0.25, 0.3) is 0 Å². The van der Waals surface area contributed by atoms with Crippen LogP contribution in [0, 0.1) is 0 Å². The van der Waals surface area contributed by atoms with Crippen LogP contribution in [0.2, 0.25) is 0 Å². The summed E-state index contributed by atoms with van der Waals surface area (Å²) in [4.78, 5) is 13.5. The van der Waals surface area contributed by atoms with E-state index in [0.29, 0.717) is 10.5 Å². The van der Waals surface area contributed by atoms with Crippen molar-refractivity contribution in [3.8, 4) is 0 Å². The summed E-state index contributed by atoms with van der Waals surface area (Å²) in [5, 5.41) is 21.5. The minimum absolute atomic E-state index is 0.225. The lowest BCUT2D eigenvalue weighted by Gasteiger charge is -2.52. The summed E-state index contributed by atoms with van der Waals surface area (Å²) in [6.07, 6.45) is -6.74. The maximum atomic E-state index is 14.1. The van der Waals surface area contributed by atoms with E-state index in [9.17, 15) is 32.6 Å². The third kappa shape index (κ3) is 4.87. The highest BCUT2D eigenvalue weighted by Crippen LogP contribution is 2.44. The minimum Gasteiger partial charge on any atom is -0.444 e. The van der Waals surface area contributed by atoms with E-state index in [1.807, 2.05) is 0 Å². The highest BCUT2D eigenvalue weighted by Gasteiger charge is 2.57. The van der Waals surface area contributed by atoms with Crippen LogP contribution in [0.1, 0.15) is 44.1 Å². The second-order valence-corrected chi connectivity index (χ2v) is 8.19. The van der Waals surface area contributed by atoms with Crippen molar-refractivity contribution in [2.24, 2.45) is 5.73 Å². The van der Waals surface area contributed by atoms with Gasteiger partial charge in [-0.1, -0.05) is 30.3 Å². The smallest absolute Gasteiger partial charge is 0.412 e. The Kier molecular flexibility index (Phi) is 6.31. The topological polar surface area (TPSA) is 96.0 Å². The van der Waals surface area contributed by atoms with Gasteiger partial charge in [0.1, 0.15) is 6.61 Å². The number of benzene rings is 1. The zero-order chi connectivity index (χ0) is 22.2. The van der Waals surface area contributed by atoms with Gasteiger partial charge in [-0.15, -0.1) is 0 Å². The molecule has 30 heavy (non-hydrogen) atoms. The molecule has 0 saturated heterocycles. The first kappa shape index (κ1) is 22.8. The summed E-state index contributed by atoms with van der Waals surface area (Å²) in [6.45, 7) is -0.225. The molecule has 0 spiro atoms. The molecule has 168 valence electrons. The van der Waals surface area contributed by atoms with Gasteiger partial charge < -0.3 is 20.7 Å². The van der Waals surface area contributed by atoms with Crippen LogP contribution >= 0.6 is 0 Å². The quantitative estimate of drug-likeness (QED) is 0.500. The van der Waals surface area contributed by atoms with Crippen molar-refractivity contribution < 1.29 is 37.3 Å². The number of rotatable bonds is 4. The number of ether oxygens (including phenoxy) is 1. The van der Waals surface area contributed by atoms with Gasteiger partial charge in [-0.2, -0.15) is 0 Å². The van der Waals surface area contributed by atoms with E-state index in [2.05, 4.69) is 0 Å². The number of nitrogens with two attached hydrogens (primary N) is 1. The molecule has 4 atom stereocenters. The van der Waals surface area contributed by atoms with Crippen LogP contribution in [0.3, 0.4) is 0 Å². The van der Waals surface area contributed by atoms with Crippen LogP contribution in [0.4, 0.5) is 22.4 Å². The zero-order valence-corrected chi connectivity index (χ0v) is 16.3. The predicted octanol–water partition coefficient (Wildman–Crippen LogP) is 3.01. The number of halogens is 4. The van der Waals surface area contributed by atoms with Crippen molar-refractivity contribution >= 4 is 6.09 Å². The van der Waals surface area contributed by atoms with Gasteiger partial charge in [0.25, 0.3) is 0 Å². The molecule has 6 nitrogen and oxygen atoms in total. The number of hydrogen-bond acceptors (Lipinski definition) is 5.